The molecule has 114 valence electrons. The Balaban J connectivity index is 2.40. The third-order valence-corrected chi connectivity index (χ3v) is 3.98. The number of nitrogens with one attached hydrogen (secondary N) is 1. The van der Waals surface area contributed by atoms with E-state index in [9.17, 15) is 9.59 Å². The zero-order valence-corrected chi connectivity index (χ0v) is 13.4. The minimum Gasteiger partial charge on any atom is -0.343 e. The topological polar surface area (TPSA) is 49.4 Å². The van der Waals surface area contributed by atoms with E-state index in [4.69, 9.17) is 0 Å². The molecule has 0 saturated carbocycles. The Bertz CT molecular complexity index is 534. The predicted octanol–water partition coefficient (Wildman–Crippen LogP) is 2.69. The number of carbonyl (C=O) groups excluding carboxylic acids is 2. The van der Waals surface area contributed by atoms with Crippen molar-refractivity contribution in [1.29, 1.82) is 0 Å². The monoisotopic (exact) mass is 288 g/mol. The van der Waals surface area contributed by atoms with Crippen LogP contribution in [0.2, 0.25) is 0 Å². The van der Waals surface area contributed by atoms with E-state index < -0.39 is 12.1 Å². The number of amides is 2. The average Bonchev–Trinajstić information content (AvgIpc) is 2.42. The van der Waals surface area contributed by atoms with Gasteiger partial charge in [-0.25, -0.2) is 0 Å². The highest BCUT2D eigenvalue weighted by Gasteiger charge is 2.40. The third-order valence-electron chi connectivity index (χ3n) is 3.98. The van der Waals surface area contributed by atoms with Crippen LogP contribution in [0.4, 0.5) is 5.69 Å². The van der Waals surface area contributed by atoms with Crippen molar-refractivity contribution in [1.82, 2.24) is 5.32 Å². The SMILES string of the molecule is CC1NC(=O)C(C(C)C)N(c2ccc(C(C)C)cc2)C1=O. The van der Waals surface area contributed by atoms with Crippen LogP contribution >= 0.6 is 0 Å². The fourth-order valence-corrected chi connectivity index (χ4v) is 2.73. The summed E-state index contributed by atoms with van der Waals surface area (Å²) in [4.78, 5) is 26.4. The van der Waals surface area contributed by atoms with E-state index in [0.29, 0.717) is 5.92 Å². The molecule has 4 heteroatoms. The fraction of sp³-hybridized carbons (Fsp3) is 0.529. The minimum atomic E-state index is -0.475. The first kappa shape index (κ1) is 15.5. The number of anilines is 1. The molecule has 1 aromatic carbocycles. The van der Waals surface area contributed by atoms with Gasteiger partial charge in [0, 0.05) is 5.69 Å². The lowest BCUT2D eigenvalue weighted by molar-refractivity contribution is -0.134. The van der Waals surface area contributed by atoms with E-state index in [1.807, 2.05) is 38.1 Å². The van der Waals surface area contributed by atoms with Crippen LogP contribution in [0, 0.1) is 5.92 Å². The van der Waals surface area contributed by atoms with Crippen LogP contribution < -0.4 is 10.2 Å². The van der Waals surface area contributed by atoms with Gasteiger partial charge in [0.15, 0.2) is 0 Å². The van der Waals surface area contributed by atoms with Crippen LogP contribution in [0.25, 0.3) is 0 Å². The van der Waals surface area contributed by atoms with Gasteiger partial charge < -0.3 is 5.32 Å². The molecule has 0 bridgehead atoms. The van der Waals surface area contributed by atoms with Crippen molar-refractivity contribution in [2.24, 2.45) is 5.92 Å². The standard InChI is InChI=1S/C17H24N2O2/c1-10(2)13-6-8-14(9-7-13)19-15(11(3)4)16(20)18-12(5)17(19)21/h6-12,15H,1-5H3,(H,18,20). The lowest BCUT2D eigenvalue weighted by Crippen LogP contribution is -2.64. The quantitative estimate of drug-likeness (QED) is 0.929. The molecule has 1 heterocycles. The van der Waals surface area contributed by atoms with Crippen LogP contribution in [0.15, 0.2) is 24.3 Å². The first-order valence-corrected chi connectivity index (χ1v) is 7.56. The molecule has 1 aliphatic heterocycles. The van der Waals surface area contributed by atoms with Gasteiger partial charge in [-0.15, -0.1) is 0 Å². The highest BCUT2D eigenvalue weighted by atomic mass is 16.2. The van der Waals surface area contributed by atoms with Crippen LogP contribution in [0.3, 0.4) is 0 Å². The second-order valence-corrected chi connectivity index (χ2v) is 6.37. The summed E-state index contributed by atoms with van der Waals surface area (Å²) in [6.07, 6.45) is 0. The van der Waals surface area contributed by atoms with E-state index in [2.05, 4.69) is 19.2 Å². The third kappa shape index (κ3) is 2.94. The summed E-state index contributed by atoms with van der Waals surface area (Å²) in [5, 5.41) is 2.76. The Hall–Kier alpha value is -1.84. The summed E-state index contributed by atoms with van der Waals surface area (Å²) >= 11 is 0. The first-order chi connectivity index (χ1) is 9.82. The summed E-state index contributed by atoms with van der Waals surface area (Å²) in [7, 11) is 0. The molecule has 2 amide bonds. The maximum atomic E-state index is 12.5. The van der Waals surface area contributed by atoms with Crippen molar-refractivity contribution >= 4 is 17.5 Å². The molecular weight excluding hydrogens is 264 g/mol. The highest BCUT2D eigenvalue weighted by molar-refractivity contribution is 6.08. The molecule has 1 saturated heterocycles. The molecular formula is C17H24N2O2. The van der Waals surface area contributed by atoms with Crippen LogP contribution in [-0.2, 0) is 9.59 Å². The fourth-order valence-electron chi connectivity index (χ4n) is 2.73. The van der Waals surface area contributed by atoms with E-state index in [-0.39, 0.29) is 17.7 Å². The van der Waals surface area contributed by atoms with Crippen LogP contribution in [0.5, 0.6) is 0 Å². The van der Waals surface area contributed by atoms with Crippen molar-refractivity contribution < 1.29 is 9.59 Å². The number of rotatable bonds is 3. The summed E-state index contributed by atoms with van der Waals surface area (Å²) in [5.41, 5.74) is 2.02. The lowest BCUT2D eigenvalue weighted by atomic mass is 9.96. The number of nitrogens with zero attached hydrogens (tertiary/aromatic N) is 1. The second-order valence-electron chi connectivity index (χ2n) is 6.37. The van der Waals surface area contributed by atoms with Crippen molar-refractivity contribution in [3.05, 3.63) is 29.8 Å². The molecule has 0 spiro atoms. The second kappa shape index (κ2) is 5.88. The molecule has 1 aromatic rings. The van der Waals surface area contributed by atoms with E-state index >= 15 is 0 Å². The number of carbonyl (C=O) groups is 2. The Morgan fingerprint density at radius 3 is 2.10 bits per heavy atom. The Morgan fingerprint density at radius 2 is 1.62 bits per heavy atom. The number of hydrogen-bond acceptors (Lipinski definition) is 2. The Morgan fingerprint density at radius 1 is 1.05 bits per heavy atom. The van der Waals surface area contributed by atoms with Gasteiger partial charge >= 0.3 is 0 Å². The number of benzene rings is 1. The molecule has 2 rings (SSSR count). The molecule has 2 unspecified atom stereocenters. The van der Waals surface area contributed by atoms with Gasteiger partial charge in [0.05, 0.1) is 0 Å². The van der Waals surface area contributed by atoms with Gasteiger partial charge in [-0.05, 0) is 36.5 Å². The largest absolute Gasteiger partial charge is 0.343 e. The minimum absolute atomic E-state index is 0.0504. The number of hydrogen-bond donors (Lipinski definition) is 1. The smallest absolute Gasteiger partial charge is 0.250 e. The van der Waals surface area contributed by atoms with Crippen molar-refractivity contribution in [3.63, 3.8) is 0 Å². The molecule has 1 aliphatic rings. The molecule has 0 aliphatic carbocycles. The molecule has 0 radical (unpaired) electrons. The van der Waals surface area contributed by atoms with Crippen molar-refractivity contribution in [2.45, 2.75) is 52.6 Å². The lowest BCUT2D eigenvalue weighted by Gasteiger charge is -2.40. The highest BCUT2D eigenvalue weighted by Crippen LogP contribution is 2.27. The average molecular weight is 288 g/mol. The molecule has 21 heavy (non-hydrogen) atoms. The summed E-state index contributed by atoms with van der Waals surface area (Å²) in [6.45, 7) is 9.92. The molecule has 1 fully saturated rings. The molecule has 4 nitrogen and oxygen atoms in total. The van der Waals surface area contributed by atoms with Crippen molar-refractivity contribution in [2.75, 3.05) is 4.90 Å². The Kier molecular flexibility index (Phi) is 4.35. The summed E-state index contributed by atoms with van der Waals surface area (Å²) in [6, 6.07) is 7.02. The van der Waals surface area contributed by atoms with Crippen LogP contribution in [-0.4, -0.2) is 23.9 Å². The first-order valence-electron chi connectivity index (χ1n) is 7.56. The van der Waals surface area contributed by atoms with Gasteiger partial charge in [0.2, 0.25) is 11.8 Å². The maximum absolute atomic E-state index is 12.5. The summed E-state index contributed by atoms with van der Waals surface area (Å²) < 4.78 is 0. The van der Waals surface area contributed by atoms with E-state index in [1.165, 1.54) is 5.56 Å². The molecule has 1 N–H and O–H groups in total. The molecule has 0 aromatic heterocycles. The maximum Gasteiger partial charge on any atom is 0.250 e. The van der Waals surface area contributed by atoms with Gasteiger partial charge in [-0.1, -0.05) is 39.8 Å². The number of piperazine rings is 1. The van der Waals surface area contributed by atoms with Gasteiger partial charge in [0.1, 0.15) is 12.1 Å². The van der Waals surface area contributed by atoms with E-state index in [0.717, 1.165) is 5.69 Å². The molecule has 2 atom stereocenters. The van der Waals surface area contributed by atoms with E-state index in [1.54, 1.807) is 11.8 Å². The predicted molar refractivity (Wildman–Crippen MR) is 84.2 cm³/mol. The van der Waals surface area contributed by atoms with Gasteiger partial charge in [-0.3, -0.25) is 14.5 Å². The van der Waals surface area contributed by atoms with Gasteiger partial charge in [-0.2, -0.15) is 0 Å². The van der Waals surface area contributed by atoms with Crippen LogP contribution in [0.1, 0.15) is 46.1 Å². The van der Waals surface area contributed by atoms with Crippen molar-refractivity contribution in [3.8, 4) is 0 Å². The zero-order chi connectivity index (χ0) is 15.7. The Labute approximate surface area is 126 Å². The summed E-state index contributed by atoms with van der Waals surface area (Å²) in [5.74, 6) is 0.376. The van der Waals surface area contributed by atoms with Gasteiger partial charge in [0.25, 0.3) is 0 Å². The normalized spacial score (nSPS) is 22.9. The zero-order valence-electron chi connectivity index (χ0n) is 13.4.